The first-order chi connectivity index (χ1) is 12.8. The lowest BCUT2D eigenvalue weighted by Crippen LogP contribution is -2.37. The number of aromatic nitrogens is 2. The molecular weight excluding hydrogens is 366 g/mol. The second-order valence-corrected chi connectivity index (χ2v) is 9.20. The first-order valence-electron chi connectivity index (χ1n) is 8.96. The Hall–Kier alpha value is -2.39. The van der Waals surface area contributed by atoms with Gasteiger partial charge in [0, 0.05) is 24.3 Å². The first-order valence-corrected chi connectivity index (χ1v) is 10.8. The van der Waals surface area contributed by atoms with E-state index < -0.39 is 10.0 Å². The number of carbonyl (C=O) groups is 1. The van der Waals surface area contributed by atoms with E-state index in [1.54, 1.807) is 0 Å². The number of hydrogen-bond acceptors (Lipinski definition) is 6. The third-order valence-electron chi connectivity index (χ3n) is 5.45. The normalized spacial score (nSPS) is 19.9. The molecule has 9 heteroatoms. The van der Waals surface area contributed by atoms with Gasteiger partial charge in [0.05, 0.1) is 24.4 Å². The molecule has 8 nitrogen and oxygen atoms in total. The Morgan fingerprint density at radius 3 is 2.89 bits per heavy atom. The fraction of sp³-hybridized carbons (Fsp3) is 0.444. The fourth-order valence-electron chi connectivity index (χ4n) is 4.01. The van der Waals surface area contributed by atoms with Gasteiger partial charge in [-0.2, -0.15) is 4.31 Å². The molecule has 0 saturated heterocycles. The lowest BCUT2D eigenvalue weighted by atomic mass is 9.88. The standard InChI is InChI=1S/C18H23N5O3S/c1-11-4-3-5-12-13(6-8-20-16(11)12)18(24)23-15-10-22(27(2,25)26)9-7-14(15)17(19)21-23/h3-5,13,20H,6-10H2,1-2H3,(H2,19,21). The van der Waals surface area contributed by atoms with Crippen LogP contribution in [0.4, 0.5) is 11.5 Å². The van der Waals surface area contributed by atoms with Gasteiger partial charge in [0.2, 0.25) is 10.0 Å². The minimum atomic E-state index is -3.35. The molecule has 144 valence electrons. The fourth-order valence-corrected chi connectivity index (χ4v) is 4.79. The van der Waals surface area contributed by atoms with Crippen molar-refractivity contribution in [3.8, 4) is 0 Å². The Morgan fingerprint density at radius 1 is 1.37 bits per heavy atom. The Labute approximate surface area is 158 Å². The summed E-state index contributed by atoms with van der Waals surface area (Å²) < 4.78 is 26.6. The number of rotatable bonds is 2. The summed E-state index contributed by atoms with van der Waals surface area (Å²) in [5.74, 6) is -0.185. The van der Waals surface area contributed by atoms with Crippen LogP contribution >= 0.6 is 0 Å². The highest BCUT2D eigenvalue weighted by atomic mass is 32.2. The van der Waals surface area contributed by atoms with Gasteiger partial charge in [-0.05, 0) is 30.9 Å². The second-order valence-electron chi connectivity index (χ2n) is 7.21. The predicted octanol–water partition coefficient (Wildman–Crippen LogP) is 1.33. The quantitative estimate of drug-likeness (QED) is 0.802. The molecule has 2 aliphatic rings. The molecule has 0 amide bonds. The largest absolute Gasteiger partial charge is 0.385 e. The Kier molecular flexibility index (Phi) is 4.23. The van der Waals surface area contributed by atoms with Crippen molar-refractivity contribution in [2.45, 2.75) is 32.2 Å². The average molecular weight is 389 g/mol. The number of nitrogen functional groups attached to an aromatic ring is 1. The van der Waals surface area contributed by atoms with Crippen LogP contribution in [-0.4, -0.2) is 47.8 Å². The molecule has 0 fully saturated rings. The average Bonchev–Trinajstić information content (AvgIpc) is 2.97. The summed E-state index contributed by atoms with van der Waals surface area (Å²) in [6, 6.07) is 5.91. The van der Waals surface area contributed by atoms with Crippen LogP contribution in [0.15, 0.2) is 18.2 Å². The molecule has 1 atom stereocenters. The molecule has 3 heterocycles. The number of anilines is 2. The molecule has 27 heavy (non-hydrogen) atoms. The molecule has 1 unspecified atom stereocenters. The maximum Gasteiger partial charge on any atom is 0.254 e. The van der Waals surface area contributed by atoms with Gasteiger partial charge in [-0.15, -0.1) is 5.10 Å². The zero-order valence-corrected chi connectivity index (χ0v) is 16.2. The molecule has 1 aromatic carbocycles. The van der Waals surface area contributed by atoms with E-state index >= 15 is 0 Å². The molecular formula is C18H23N5O3S. The smallest absolute Gasteiger partial charge is 0.254 e. The molecule has 0 spiro atoms. The summed E-state index contributed by atoms with van der Waals surface area (Å²) in [5.41, 5.74) is 10.4. The van der Waals surface area contributed by atoms with E-state index in [0.717, 1.165) is 22.4 Å². The van der Waals surface area contributed by atoms with E-state index in [-0.39, 0.29) is 18.4 Å². The van der Waals surface area contributed by atoms with Crippen LogP contribution < -0.4 is 11.1 Å². The van der Waals surface area contributed by atoms with Crippen molar-refractivity contribution >= 4 is 27.4 Å². The molecule has 0 saturated carbocycles. The van der Waals surface area contributed by atoms with Crippen molar-refractivity contribution in [2.75, 3.05) is 30.4 Å². The van der Waals surface area contributed by atoms with Gasteiger partial charge in [-0.1, -0.05) is 18.2 Å². The number of fused-ring (bicyclic) bond motifs is 2. The van der Waals surface area contributed by atoms with E-state index in [0.29, 0.717) is 37.4 Å². The molecule has 1 aromatic heterocycles. The van der Waals surface area contributed by atoms with Gasteiger partial charge in [0.15, 0.2) is 0 Å². The number of aryl methyl sites for hydroxylation is 1. The van der Waals surface area contributed by atoms with Crippen molar-refractivity contribution in [1.29, 1.82) is 0 Å². The van der Waals surface area contributed by atoms with E-state index in [2.05, 4.69) is 10.4 Å². The van der Waals surface area contributed by atoms with Gasteiger partial charge < -0.3 is 11.1 Å². The molecule has 2 aromatic rings. The second kappa shape index (κ2) is 6.35. The van der Waals surface area contributed by atoms with Crippen molar-refractivity contribution in [2.24, 2.45) is 0 Å². The third kappa shape index (κ3) is 3.00. The van der Waals surface area contributed by atoms with E-state index in [1.165, 1.54) is 15.2 Å². The summed E-state index contributed by atoms with van der Waals surface area (Å²) in [4.78, 5) is 13.4. The van der Waals surface area contributed by atoms with Crippen molar-refractivity contribution < 1.29 is 13.2 Å². The maximum atomic E-state index is 13.4. The number of nitrogens with one attached hydrogen (secondary N) is 1. The Morgan fingerprint density at radius 2 is 2.15 bits per heavy atom. The number of sulfonamides is 1. The number of carbonyl (C=O) groups excluding carboxylic acids is 1. The van der Waals surface area contributed by atoms with Crippen LogP contribution in [0.1, 0.15) is 39.5 Å². The highest BCUT2D eigenvalue weighted by Crippen LogP contribution is 2.36. The number of nitrogens with two attached hydrogens (primary N) is 1. The van der Waals surface area contributed by atoms with Crippen LogP contribution in [-0.2, 0) is 23.0 Å². The summed E-state index contributed by atoms with van der Waals surface area (Å²) in [5, 5.41) is 7.65. The molecule has 3 N–H and O–H groups in total. The number of para-hydroxylation sites is 1. The summed E-state index contributed by atoms with van der Waals surface area (Å²) >= 11 is 0. The molecule has 0 aliphatic carbocycles. The van der Waals surface area contributed by atoms with Gasteiger partial charge in [0.1, 0.15) is 5.82 Å². The highest BCUT2D eigenvalue weighted by Gasteiger charge is 2.34. The molecule has 0 bridgehead atoms. The minimum Gasteiger partial charge on any atom is -0.385 e. The van der Waals surface area contributed by atoms with E-state index in [9.17, 15) is 13.2 Å². The lowest BCUT2D eigenvalue weighted by Gasteiger charge is -2.28. The zero-order chi connectivity index (χ0) is 19.3. The third-order valence-corrected chi connectivity index (χ3v) is 6.70. The SMILES string of the molecule is Cc1cccc2c1NCCC2C(=O)n1nc(N)c2c1CN(S(C)(=O)=O)CC2. The van der Waals surface area contributed by atoms with Gasteiger partial charge in [-0.3, -0.25) is 4.79 Å². The molecule has 4 rings (SSSR count). The molecule has 2 aliphatic heterocycles. The van der Waals surface area contributed by atoms with Crippen LogP contribution in [0.5, 0.6) is 0 Å². The number of benzene rings is 1. The van der Waals surface area contributed by atoms with Gasteiger partial charge in [-0.25, -0.2) is 13.1 Å². The summed E-state index contributed by atoms with van der Waals surface area (Å²) in [7, 11) is -3.35. The monoisotopic (exact) mass is 389 g/mol. The van der Waals surface area contributed by atoms with E-state index in [4.69, 9.17) is 5.73 Å². The molecule has 0 radical (unpaired) electrons. The van der Waals surface area contributed by atoms with Gasteiger partial charge in [0.25, 0.3) is 5.91 Å². The summed E-state index contributed by atoms with van der Waals surface area (Å²) in [6.45, 7) is 3.18. The van der Waals surface area contributed by atoms with Crippen molar-refractivity contribution in [3.05, 3.63) is 40.6 Å². The maximum absolute atomic E-state index is 13.4. The zero-order valence-electron chi connectivity index (χ0n) is 15.4. The van der Waals surface area contributed by atoms with Crippen molar-refractivity contribution in [1.82, 2.24) is 14.1 Å². The van der Waals surface area contributed by atoms with Gasteiger partial charge >= 0.3 is 0 Å². The van der Waals surface area contributed by atoms with Crippen LogP contribution in [0.3, 0.4) is 0 Å². The van der Waals surface area contributed by atoms with Crippen LogP contribution in [0.2, 0.25) is 0 Å². The number of nitrogens with zero attached hydrogens (tertiary/aromatic N) is 3. The van der Waals surface area contributed by atoms with Crippen molar-refractivity contribution in [3.63, 3.8) is 0 Å². The van der Waals surface area contributed by atoms with Crippen LogP contribution in [0.25, 0.3) is 0 Å². The highest BCUT2D eigenvalue weighted by molar-refractivity contribution is 7.88. The minimum absolute atomic E-state index is 0.121. The van der Waals surface area contributed by atoms with E-state index in [1.807, 2.05) is 25.1 Å². The van der Waals surface area contributed by atoms with Crippen LogP contribution in [0, 0.1) is 6.92 Å². The first kappa shape index (κ1) is 18.0. The summed E-state index contributed by atoms with van der Waals surface area (Å²) in [6.07, 6.45) is 2.29. The topological polar surface area (TPSA) is 110 Å². The predicted molar refractivity (Wildman–Crippen MR) is 103 cm³/mol. The Bertz CT molecular complexity index is 1030. The Balaban J connectivity index is 1.74. The number of hydrogen-bond donors (Lipinski definition) is 2. The lowest BCUT2D eigenvalue weighted by molar-refractivity contribution is 0.0850.